The molecule has 0 spiro atoms. The predicted octanol–water partition coefficient (Wildman–Crippen LogP) is 0.477. The van der Waals surface area contributed by atoms with Gasteiger partial charge in [0.25, 0.3) is 16.0 Å². The molecule has 115 valence electrons. The summed E-state index contributed by atoms with van der Waals surface area (Å²) in [7, 11) is -2.69. The second-order valence-corrected chi connectivity index (χ2v) is 7.65. The smallest absolute Gasteiger partial charge is 0.266 e. The molecular weight excluding hydrogens is 284 g/mol. The fraction of sp³-hybridized carbons (Fsp3) is 0.750. The van der Waals surface area contributed by atoms with E-state index in [1.165, 1.54) is 11.9 Å². The van der Waals surface area contributed by atoms with Crippen LogP contribution in [0, 0.1) is 0 Å². The van der Waals surface area contributed by atoms with Crippen LogP contribution in [-0.2, 0) is 20.1 Å². The average Bonchev–Trinajstić information content (AvgIpc) is 2.44. The van der Waals surface area contributed by atoms with Gasteiger partial charge in [0.2, 0.25) is 0 Å². The highest BCUT2D eigenvalue weighted by molar-refractivity contribution is 7.85. The number of hydrogen-bond donors (Lipinski definition) is 1. The molecule has 0 aliphatic carbocycles. The molecule has 0 saturated carbocycles. The summed E-state index contributed by atoms with van der Waals surface area (Å²) < 4.78 is 30.1. The van der Waals surface area contributed by atoms with Gasteiger partial charge >= 0.3 is 0 Å². The monoisotopic (exact) mass is 305 g/mol. The van der Waals surface area contributed by atoms with E-state index < -0.39 is 32.9 Å². The van der Waals surface area contributed by atoms with Gasteiger partial charge in [-0.3, -0.25) is 9.35 Å². The molecule has 1 aliphatic heterocycles. The van der Waals surface area contributed by atoms with Crippen LogP contribution < -0.4 is 0 Å². The Hall–Kier alpha value is -0.960. The molecule has 0 aromatic rings. The molecule has 0 unspecified atom stereocenters. The first-order chi connectivity index (χ1) is 8.79. The standard InChI is InChI=1S/C12H21N2O5S/c1-11(2)8-9(12(3,4)14(11)16)10(15)13(5)6-7-20(17,18)19/h8H,6-7H2,1-5H3,(H,17,18,19). The molecule has 1 amide bonds. The topological polar surface area (TPSA) is 97.8 Å². The fourth-order valence-corrected chi connectivity index (χ4v) is 2.81. The third kappa shape index (κ3) is 3.38. The number of likely N-dealkylation sites (N-methyl/N-ethyl adjacent to an activating group) is 1. The molecule has 1 heterocycles. The van der Waals surface area contributed by atoms with Gasteiger partial charge < -0.3 is 4.90 Å². The lowest BCUT2D eigenvalue weighted by Crippen LogP contribution is -2.49. The van der Waals surface area contributed by atoms with Crippen molar-refractivity contribution in [2.75, 3.05) is 19.3 Å². The van der Waals surface area contributed by atoms with Crippen LogP contribution in [0.15, 0.2) is 11.6 Å². The average molecular weight is 305 g/mol. The van der Waals surface area contributed by atoms with Crippen LogP contribution in [0.25, 0.3) is 0 Å². The van der Waals surface area contributed by atoms with Gasteiger partial charge in [-0.1, -0.05) is 6.08 Å². The summed E-state index contributed by atoms with van der Waals surface area (Å²) in [6, 6.07) is 0. The third-order valence-corrected chi connectivity index (χ3v) is 4.15. The Morgan fingerprint density at radius 1 is 1.35 bits per heavy atom. The minimum Gasteiger partial charge on any atom is -0.341 e. The van der Waals surface area contributed by atoms with Crippen molar-refractivity contribution < 1.29 is 23.0 Å². The minimum atomic E-state index is -4.12. The van der Waals surface area contributed by atoms with Crippen LogP contribution in [-0.4, -0.2) is 59.3 Å². The zero-order valence-electron chi connectivity index (χ0n) is 12.4. The van der Waals surface area contributed by atoms with E-state index in [9.17, 15) is 18.4 Å². The maximum atomic E-state index is 12.3. The first-order valence-corrected chi connectivity index (χ1v) is 7.81. The lowest BCUT2D eigenvalue weighted by molar-refractivity contribution is -0.238. The van der Waals surface area contributed by atoms with Crippen molar-refractivity contribution in [2.24, 2.45) is 0 Å². The summed E-state index contributed by atoms with van der Waals surface area (Å²) in [6.45, 7) is 6.58. The first-order valence-electron chi connectivity index (χ1n) is 6.20. The van der Waals surface area contributed by atoms with Crippen molar-refractivity contribution >= 4 is 16.0 Å². The molecule has 1 rings (SSSR count). The van der Waals surface area contributed by atoms with Crippen LogP contribution in [0.4, 0.5) is 0 Å². The molecule has 0 aromatic carbocycles. The van der Waals surface area contributed by atoms with Gasteiger partial charge in [-0.05, 0) is 27.7 Å². The van der Waals surface area contributed by atoms with Gasteiger partial charge in [0.05, 0.1) is 16.8 Å². The second-order valence-electron chi connectivity index (χ2n) is 6.08. The summed E-state index contributed by atoms with van der Waals surface area (Å²) in [4.78, 5) is 13.5. The molecule has 1 radical (unpaired) electrons. The molecule has 8 heteroatoms. The molecule has 7 nitrogen and oxygen atoms in total. The summed E-state index contributed by atoms with van der Waals surface area (Å²) in [5, 5.41) is 13.0. The zero-order chi connectivity index (χ0) is 15.9. The van der Waals surface area contributed by atoms with E-state index in [4.69, 9.17) is 4.55 Å². The summed E-state index contributed by atoms with van der Waals surface area (Å²) >= 11 is 0. The fourth-order valence-electron chi connectivity index (χ4n) is 2.30. The Kier molecular flexibility index (Phi) is 4.36. The highest BCUT2D eigenvalue weighted by Gasteiger charge is 2.49. The molecule has 0 saturated heterocycles. The lowest BCUT2D eigenvalue weighted by atomic mass is 9.95. The quantitative estimate of drug-likeness (QED) is 0.762. The maximum absolute atomic E-state index is 12.3. The Morgan fingerprint density at radius 3 is 2.20 bits per heavy atom. The minimum absolute atomic E-state index is 0.135. The van der Waals surface area contributed by atoms with Gasteiger partial charge in [-0.25, -0.2) is 0 Å². The van der Waals surface area contributed by atoms with Crippen LogP contribution >= 0.6 is 0 Å². The van der Waals surface area contributed by atoms with E-state index in [-0.39, 0.29) is 6.54 Å². The highest BCUT2D eigenvalue weighted by Crippen LogP contribution is 2.39. The number of carbonyl (C=O) groups excluding carboxylic acids is 1. The van der Waals surface area contributed by atoms with E-state index in [2.05, 4.69) is 0 Å². The van der Waals surface area contributed by atoms with Crippen molar-refractivity contribution in [3.05, 3.63) is 11.6 Å². The summed E-state index contributed by atoms with van der Waals surface area (Å²) in [5.74, 6) is -0.946. The lowest BCUT2D eigenvalue weighted by Gasteiger charge is -2.34. The summed E-state index contributed by atoms with van der Waals surface area (Å²) in [5.41, 5.74) is -1.44. The van der Waals surface area contributed by atoms with Gasteiger partial charge in [0.1, 0.15) is 0 Å². The molecule has 20 heavy (non-hydrogen) atoms. The molecule has 1 N–H and O–H groups in total. The van der Waals surface area contributed by atoms with Crippen molar-refractivity contribution in [3.8, 4) is 0 Å². The third-order valence-electron chi connectivity index (χ3n) is 3.45. The molecular formula is C12H21N2O5S. The van der Waals surface area contributed by atoms with Crippen LogP contribution in [0.5, 0.6) is 0 Å². The van der Waals surface area contributed by atoms with Gasteiger partial charge in [0, 0.05) is 19.2 Å². The normalized spacial score (nSPS) is 21.6. The Morgan fingerprint density at radius 2 is 1.85 bits per heavy atom. The van der Waals surface area contributed by atoms with Gasteiger partial charge in [-0.2, -0.15) is 8.42 Å². The number of hydroxylamine groups is 2. The van der Waals surface area contributed by atoms with Crippen LogP contribution in [0.2, 0.25) is 0 Å². The highest BCUT2D eigenvalue weighted by atomic mass is 32.2. The second kappa shape index (κ2) is 5.10. The molecule has 1 aliphatic rings. The van der Waals surface area contributed by atoms with E-state index in [0.717, 1.165) is 5.06 Å². The van der Waals surface area contributed by atoms with Crippen molar-refractivity contribution in [1.82, 2.24) is 9.96 Å². The van der Waals surface area contributed by atoms with Crippen LogP contribution in [0.3, 0.4) is 0 Å². The largest absolute Gasteiger partial charge is 0.341 e. The molecule has 0 atom stereocenters. The molecule has 0 fully saturated rings. The van der Waals surface area contributed by atoms with E-state index >= 15 is 0 Å². The van der Waals surface area contributed by atoms with Crippen molar-refractivity contribution in [3.63, 3.8) is 0 Å². The van der Waals surface area contributed by atoms with Gasteiger partial charge in [0.15, 0.2) is 0 Å². The van der Waals surface area contributed by atoms with E-state index in [1.54, 1.807) is 33.8 Å². The molecule has 0 aromatic heterocycles. The summed E-state index contributed by atoms with van der Waals surface area (Å²) in [6.07, 6.45) is 1.60. The SMILES string of the molecule is CN(CCS(=O)(=O)O)C(=O)C1=CC(C)(C)N([O])C1(C)C. The number of amides is 1. The van der Waals surface area contributed by atoms with E-state index in [0.29, 0.717) is 5.57 Å². The van der Waals surface area contributed by atoms with Crippen molar-refractivity contribution in [1.29, 1.82) is 0 Å². The molecule has 0 bridgehead atoms. The van der Waals surface area contributed by atoms with Crippen LogP contribution in [0.1, 0.15) is 27.7 Å². The number of nitrogens with zero attached hydrogens (tertiary/aromatic N) is 2. The Balaban J connectivity index is 2.92. The maximum Gasteiger partial charge on any atom is 0.266 e. The number of carbonyl (C=O) groups is 1. The number of hydrogen-bond acceptors (Lipinski definition) is 4. The first kappa shape index (κ1) is 17.1. The number of rotatable bonds is 4. The van der Waals surface area contributed by atoms with E-state index in [1.807, 2.05) is 0 Å². The Bertz CT molecular complexity index is 536. The Labute approximate surface area is 119 Å². The zero-order valence-corrected chi connectivity index (χ0v) is 13.2. The predicted molar refractivity (Wildman–Crippen MR) is 72.8 cm³/mol. The van der Waals surface area contributed by atoms with Gasteiger partial charge in [-0.15, -0.1) is 10.3 Å². The van der Waals surface area contributed by atoms with Crippen molar-refractivity contribution in [2.45, 2.75) is 38.8 Å².